The van der Waals surface area contributed by atoms with Gasteiger partial charge in [0.25, 0.3) is 0 Å². The third-order valence-corrected chi connectivity index (χ3v) is 3.00. The molecule has 2 N–H and O–H groups in total. The van der Waals surface area contributed by atoms with E-state index in [1.54, 1.807) is 11.9 Å². The summed E-state index contributed by atoms with van der Waals surface area (Å²) in [5.41, 5.74) is 6.72. The molecule has 1 unspecified atom stereocenters. The Morgan fingerprint density at radius 2 is 2.06 bits per heavy atom. The first-order valence-corrected chi connectivity index (χ1v) is 6.22. The van der Waals surface area contributed by atoms with E-state index in [0.29, 0.717) is 13.2 Å². The number of carbonyl (C=O) groups excluding carboxylic acids is 1. The molecule has 100 valence electrons. The number of nitrogens with zero attached hydrogens (tertiary/aromatic N) is 1. The second-order valence-electron chi connectivity index (χ2n) is 4.38. The predicted octanol–water partition coefficient (Wildman–Crippen LogP) is 1.05. The van der Waals surface area contributed by atoms with Crippen LogP contribution < -0.4 is 5.73 Å². The topological polar surface area (TPSA) is 55.6 Å². The number of nitrogens with two attached hydrogens (primary N) is 1. The summed E-state index contributed by atoms with van der Waals surface area (Å²) >= 11 is 0. The zero-order valence-electron chi connectivity index (χ0n) is 11.1. The summed E-state index contributed by atoms with van der Waals surface area (Å²) in [5, 5.41) is 0. The number of benzene rings is 1. The molecule has 0 aliphatic heterocycles. The average Bonchev–Trinajstić information content (AvgIpc) is 2.42. The van der Waals surface area contributed by atoms with E-state index < -0.39 is 0 Å². The lowest BCUT2D eigenvalue weighted by Crippen LogP contribution is -2.41. The smallest absolute Gasteiger partial charge is 0.248 e. The molecule has 0 aliphatic carbocycles. The van der Waals surface area contributed by atoms with Crippen LogP contribution in [-0.4, -0.2) is 43.7 Å². The van der Waals surface area contributed by atoms with Gasteiger partial charge in [-0.3, -0.25) is 4.79 Å². The largest absolute Gasteiger partial charge is 0.371 e. The molecule has 0 aliphatic rings. The van der Waals surface area contributed by atoms with E-state index in [4.69, 9.17) is 10.5 Å². The maximum absolute atomic E-state index is 11.7. The summed E-state index contributed by atoms with van der Waals surface area (Å²) in [6, 6.07) is 10.1. The van der Waals surface area contributed by atoms with Gasteiger partial charge in [0.15, 0.2) is 0 Å². The summed E-state index contributed by atoms with van der Waals surface area (Å²) in [4.78, 5) is 13.3. The van der Waals surface area contributed by atoms with Gasteiger partial charge in [-0.15, -0.1) is 0 Å². The molecule has 1 aromatic carbocycles. The van der Waals surface area contributed by atoms with Gasteiger partial charge >= 0.3 is 0 Å². The van der Waals surface area contributed by atoms with Crippen molar-refractivity contribution in [3.05, 3.63) is 35.9 Å². The van der Waals surface area contributed by atoms with E-state index >= 15 is 0 Å². The van der Waals surface area contributed by atoms with E-state index in [1.165, 1.54) is 5.56 Å². The van der Waals surface area contributed by atoms with Gasteiger partial charge in [0.1, 0.15) is 6.61 Å². The Morgan fingerprint density at radius 1 is 1.39 bits per heavy atom. The van der Waals surface area contributed by atoms with E-state index in [-0.39, 0.29) is 18.6 Å². The van der Waals surface area contributed by atoms with Crippen LogP contribution >= 0.6 is 0 Å². The Balaban J connectivity index is 2.20. The fourth-order valence-corrected chi connectivity index (χ4v) is 1.50. The van der Waals surface area contributed by atoms with Gasteiger partial charge in [-0.1, -0.05) is 30.3 Å². The van der Waals surface area contributed by atoms with Crippen molar-refractivity contribution in [1.29, 1.82) is 0 Å². The molecule has 1 rings (SSSR count). The minimum Gasteiger partial charge on any atom is -0.371 e. The molecule has 0 aromatic heterocycles. The summed E-state index contributed by atoms with van der Waals surface area (Å²) in [5.74, 6) is -0.0268. The van der Waals surface area contributed by atoms with Gasteiger partial charge < -0.3 is 15.4 Å². The lowest BCUT2D eigenvalue weighted by Gasteiger charge is -2.23. The molecule has 1 aromatic rings. The molecule has 1 atom stereocenters. The fourth-order valence-electron chi connectivity index (χ4n) is 1.50. The van der Waals surface area contributed by atoms with Crippen molar-refractivity contribution in [1.82, 2.24) is 4.90 Å². The second-order valence-corrected chi connectivity index (χ2v) is 4.38. The molecule has 1 amide bonds. The maximum Gasteiger partial charge on any atom is 0.248 e. The molecular weight excluding hydrogens is 228 g/mol. The summed E-state index contributed by atoms with van der Waals surface area (Å²) in [7, 11) is 1.75. The molecular formula is C14H22N2O2. The van der Waals surface area contributed by atoms with Crippen molar-refractivity contribution < 1.29 is 9.53 Å². The van der Waals surface area contributed by atoms with Crippen LogP contribution in [0.1, 0.15) is 12.5 Å². The van der Waals surface area contributed by atoms with Crippen molar-refractivity contribution in [2.24, 2.45) is 5.73 Å². The standard InChI is InChI=1S/C14H22N2O2/c1-12(10-15)16(2)14(17)11-18-9-8-13-6-4-3-5-7-13/h3-7,12H,8-11,15H2,1-2H3. The first kappa shape index (κ1) is 14.7. The minimum atomic E-state index is -0.0268. The number of amides is 1. The highest BCUT2D eigenvalue weighted by atomic mass is 16.5. The number of likely N-dealkylation sites (N-methyl/N-ethyl adjacent to an activating group) is 1. The van der Waals surface area contributed by atoms with E-state index in [2.05, 4.69) is 0 Å². The second kappa shape index (κ2) is 7.84. The van der Waals surface area contributed by atoms with Crippen LogP contribution in [0.25, 0.3) is 0 Å². The first-order valence-electron chi connectivity index (χ1n) is 6.22. The summed E-state index contributed by atoms with van der Waals surface area (Å²) in [6.07, 6.45) is 0.824. The van der Waals surface area contributed by atoms with Crippen LogP contribution in [0.2, 0.25) is 0 Å². The van der Waals surface area contributed by atoms with Crippen molar-refractivity contribution >= 4 is 5.91 Å². The number of rotatable bonds is 7. The Morgan fingerprint density at radius 3 is 2.67 bits per heavy atom. The molecule has 0 fully saturated rings. The van der Waals surface area contributed by atoms with Crippen molar-refractivity contribution in [3.8, 4) is 0 Å². The Kier molecular flexibility index (Phi) is 6.39. The molecule has 4 nitrogen and oxygen atoms in total. The number of ether oxygens (including phenoxy) is 1. The Labute approximate surface area is 109 Å². The SMILES string of the molecule is CC(CN)N(C)C(=O)COCCc1ccccc1. The lowest BCUT2D eigenvalue weighted by molar-refractivity contribution is -0.136. The summed E-state index contributed by atoms with van der Waals surface area (Å²) < 4.78 is 5.38. The van der Waals surface area contributed by atoms with E-state index in [0.717, 1.165) is 6.42 Å². The van der Waals surface area contributed by atoms with E-state index in [1.807, 2.05) is 37.3 Å². The number of hydrogen-bond acceptors (Lipinski definition) is 3. The number of carbonyl (C=O) groups is 1. The lowest BCUT2D eigenvalue weighted by atomic mass is 10.2. The highest BCUT2D eigenvalue weighted by Gasteiger charge is 2.13. The minimum absolute atomic E-state index is 0.0268. The van der Waals surface area contributed by atoms with Gasteiger partial charge in [0, 0.05) is 19.6 Å². The molecule has 0 radical (unpaired) electrons. The molecule has 0 heterocycles. The molecule has 18 heavy (non-hydrogen) atoms. The zero-order valence-corrected chi connectivity index (χ0v) is 11.1. The normalized spacial score (nSPS) is 12.2. The van der Waals surface area contributed by atoms with Crippen LogP contribution in [0.4, 0.5) is 0 Å². The molecule has 4 heteroatoms. The van der Waals surface area contributed by atoms with Crippen molar-refractivity contribution in [2.45, 2.75) is 19.4 Å². The van der Waals surface area contributed by atoms with Crippen molar-refractivity contribution in [3.63, 3.8) is 0 Å². The quantitative estimate of drug-likeness (QED) is 0.736. The monoisotopic (exact) mass is 250 g/mol. The third kappa shape index (κ3) is 4.85. The molecule has 0 saturated heterocycles. The highest BCUT2D eigenvalue weighted by Crippen LogP contribution is 2.00. The van der Waals surface area contributed by atoms with Gasteiger partial charge in [-0.05, 0) is 18.9 Å². The highest BCUT2D eigenvalue weighted by molar-refractivity contribution is 5.77. The first-order chi connectivity index (χ1) is 8.65. The van der Waals surface area contributed by atoms with E-state index in [9.17, 15) is 4.79 Å². The van der Waals surface area contributed by atoms with Crippen LogP contribution in [0, 0.1) is 0 Å². The number of hydrogen-bond donors (Lipinski definition) is 1. The van der Waals surface area contributed by atoms with Gasteiger partial charge in [-0.2, -0.15) is 0 Å². The third-order valence-electron chi connectivity index (χ3n) is 3.00. The average molecular weight is 250 g/mol. The molecule has 0 saturated carbocycles. The molecule has 0 bridgehead atoms. The Bertz CT molecular complexity index is 354. The van der Waals surface area contributed by atoms with Gasteiger partial charge in [0.05, 0.1) is 6.61 Å². The Hall–Kier alpha value is -1.39. The maximum atomic E-state index is 11.7. The van der Waals surface area contributed by atoms with Gasteiger partial charge in [0.2, 0.25) is 5.91 Å². The fraction of sp³-hybridized carbons (Fsp3) is 0.500. The van der Waals surface area contributed by atoms with Crippen LogP contribution in [0.15, 0.2) is 30.3 Å². The predicted molar refractivity (Wildman–Crippen MR) is 72.3 cm³/mol. The van der Waals surface area contributed by atoms with Gasteiger partial charge in [-0.25, -0.2) is 0 Å². The van der Waals surface area contributed by atoms with Crippen LogP contribution in [0.3, 0.4) is 0 Å². The van der Waals surface area contributed by atoms with Crippen LogP contribution in [-0.2, 0) is 16.0 Å². The van der Waals surface area contributed by atoms with Crippen LogP contribution in [0.5, 0.6) is 0 Å². The van der Waals surface area contributed by atoms with Crippen molar-refractivity contribution in [2.75, 3.05) is 26.8 Å². The zero-order chi connectivity index (χ0) is 13.4. The summed E-state index contributed by atoms with van der Waals surface area (Å²) in [6.45, 7) is 3.06. The molecule has 0 spiro atoms.